The summed E-state index contributed by atoms with van der Waals surface area (Å²) in [5.74, 6) is 2.77. The molecule has 1 aromatic heterocycles. The van der Waals surface area contributed by atoms with Crippen LogP contribution in [0.25, 0.3) is 0 Å². The zero-order valence-corrected chi connectivity index (χ0v) is 12.1. The zero-order chi connectivity index (χ0) is 13.0. The molecule has 5 heteroatoms. The van der Waals surface area contributed by atoms with Gasteiger partial charge >= 0.3 is 0 Å². The molecule has 1 aliphatic rings. The van der Waals surface area contributed by atoms with Gasteiger partial charge < -0.3 is 10.1 Å². The smallest absolute Gasteiger partial charge is 0.133 e. The van der Waals surface area contributed by atoms with E-state index in [9.17, 15) is 0 Å². The van der Waals surface area contributed by atoms with Crippen molar-refractivity contribution in [2.24, 2.45) is 0 Å². The van der Waals surface area contributed by atoms with E-state index in [-0.39, 0.29) is 0 Å². The first-order valence-electron chi connectivity index (χ1n) is 6.54. The fourth-order valence-electron chi connectivity index (χ4n) is 2.03. The largest absolute Gasteiger partial charge is 0.377 e. The average molecular weight is 267 g/mol. The van der Waals surface area contributed by atoms with Crippen molar-refractivity contribution in [3.05, 3.63) is 11.4 Å². The number of hydrogen-bond donors (Lipinski definition) is 1. The first kappa shape index (κ1) is 13.6. The van der Waals surface area contributed by atoms with Crippen LogP contribution in [0, 0.1) is 13.8 Å². The lowest BCUT2D eigenvalue weighted by atomic mass is 10.3. The number of hydrogen-bond acceptors (Lipinski definition) is 5. The van der Waals surface area contributed by atoms with Gasteiger partial charge in [-0.3, -0.25) is 0 Å². The number of aryl methyl sites for hydroxylation is 1. The summed E-state index contributed by atoms with van der Waals surface area (Å²) in [6.07, 6.45) is 2.76. The van der Waals surface area contributed by atoms with Crippen LogP contribution in [0.5, 0.6) is 0 Å². The molecular weight excluding hydrogens is 246 g/mol. The first-order valence-corrected chi connectivity index (χ1v) is 7.52. The van der Waals surface area contributed by atoms with Gasteiger partial charge in [-0.05, 0) is 33.6 Å². The van der Waals surface area contributed by atoms with Crippen molar-refractivity contribution in [1.29, 1.82) is 0 Å². The maximum absolute atomic E-state index is 5.64. The van der Waals surface area contributed by atoms with Crippen LogP contribution >= 0.6 is 11.8 Å². The highest BCUT2D eigenvalue weighted by Gasteiger charge is 2.17. The molecular formula is C13H21N3OS. The molecule has 0 radical (unpaired) electrons. The quantitative estimate of drug-likeness (QED) is 0.656. The number of thioether (sulfide) groups is 1. The van der Waals surface area contributed by atoms with E-state index in [0.717, 1.165) is 41.1 Å². The molecule has 0 aromatic carbocycles. The first-order chi connectivity index (χ1) is 8.70. The summed E-state index contributed by atoms with van der Waals surface area (Å²) in [5.41, 5.74) is 1.14. The van der Waals surface area contributed by atoms with Crippen molar-refractivity contribution in [1.82, 2.24) is 9.97 Å². The van der Waals surface area contributed by atoms with Crippen molar-refractivity contribution in [2.45, 2.75) is 44.7 Å². The number of rotatable bonds is 5. The third-order valence-electron chi connectivity index (χ3n) is 2.99. The van der Waals surface area contributed by atoms with Crippen LogP contribution in [0.2, 0.25) is 0 Å². The Morgan fingerprint density at radius 2 is 2.22 bits per heavy atom. The van der Waals surface area contributed by atoms with E-state index in [0.29, 0.717) is 6.10 Å². The second kappa shape index (κ2) is 6.38. The highest BCUT2D eigenvalue weighted by Crippen LogP contribution is 2.27. The standard InChI is InChI=1S/C13H21N3OS/c1-4-14-12-9(2)13(16-10(3)15-12)18-8-11-6-5-7-17-11/h11H,4-8H2,1-3H3,(H,14,15,16). The van der Waals surface area contributed by atoms with E-state index in [2.05, 4.69) is 29.1 Å². The molecule has 0 amide bonds. The summed E-state index contributed by atoms with van der Waals surface area (Å²) in [6.45, 7) is 7.89. The van der Waals surface area contributed by atoms with Crippen LogP contribution < -0.4 is 5.32 Å². The molecule has 1 fully saturated rings. The van der Waals surface area contributed by atoms with Gasteiger partial charge in [-0.1, -0.05) is 0 Å². The molecule has 0 spiro atoms. The van der Waals surface area contributed by atoms with Crippen molar-refractivity contribution in [3.63, 3.8) is 0 Å². The fourth-order valence-corrected chi connectivity index (χ4v) is 3.15. The molecule has 1 saturated heterocycles. The number of ether oxygens (including phenoxy) is 1. The summed E-state index contributed by atoms with van der Waals surface area (Å²) in [4.78, 5) is 8.97. The van der Waals surface area contributed by atoms with Gasteiger partial charge in [0.05, 0.1) is 6.10 Å². The number of nitrogens with one attached hydrogen (secondary N) is 1. The van der Waals surface area contributed by atoms with Crippen molar-refractivity contribution < 1.29 is 4.74 Å². The summed E-state index contributed by atoms with van der Waals surface area (Å²) < 4.78 is 5.64. The molecule has 1 unspecified atom stereocenters. The third-order valence-corrected chi connectivity index (χ3v) is 4.20. The van der Waals surface area contributed by atoms with Gasteiger partial charge in [0.15, 0.2) is 0 Å². The van der Waals surface area contributed by atoms with Gasteiger partial charge in [0.25, 0.3) is 0 Å². The number of aromatic nitrogens is 2. The number of nitrogens with zero attached hydrogens (tertiary/aromatic N) is 2. The molecule has 1 N–H and O–H groups in total. The van der Waals surface area contributed by atoms with Gasteiger partial charge in [0.2, 0.25) is 0 Å². The Kier molecular flexibility index (Phi) is 4.83. The third kappa shape index (κ3) is 3.36. The second-order valence-corrected chi connectivity index (χ2v) is 5.53. The van der Waals surface area contributed by atoms with Crippen LogP contribution in [0.4, 0.5) is 5.82 Å². The molecule has 0 aliphatic carbocycles. The molecule has 2 heterocycles. The van der Waals surface area contributed by atoms with Gasteiger partial charge in [-0.25, -0.2) is 9.97 Å². The Morgan fingerprint density at radius 1 is 1.39 bits per heavy atom. The van der Waals surface area contributed by atoms with Crippen LogP contribution in [-0.2, 0) is 4.74 Å². The Labute approximate surface area is 113 Å². The van der Waals surface area contributed by atoms with Crippen molar-refractivity contribution in [3.8, 4) is 0 Å². The minimum Gasteiger partial charge on any atom is -0.377 e. The predicted molar refractivity (Wildman–Crippen MR) is 75.4 cm³/mol. The zero-order valence-electron chi connectivity index (χ0n) is 11.3. The molecule has 0 bridgehead atoms. The van der Waals surface area contributed by atoms with Crippen molar-refractivity contribution >= 4 is 17.6 Å². The van der Waals surface area contributed by atoms with Crippen LogP contribution in [0.1, 0.15) is 31.2 Å². The molecule has 1 aromatic rings. The Balaban J connectivity index is 2.06. The van der Waals surface area contributed by atoms with Crippen molar-refractivity contribution in [2.75, 3.05) is 24.2 Å². The molecule has 18 heavy (non-hydrogen) atoms. The van der Waals surface area contributed by atoms with Gasteiger partial charge in [0.1, 0.15) is 16.7 Å². The molecule has 1 atom stereocenters. The lowest BCUT2D eigenvalue weighted by molar-refractivity contribution is 0.129. The topological polar surface area (TPSA) is 47.0 Å². The summed E-state index contributed by atoms with van der Waals surface area (Å²) >= 11 is 1.78. The van der Waals surface area contributed by atoms with Gasteiger partial charge in [-0.2, -0.15) is 0 Å². The fraction of sp³-hybridized carbons (Fsp3) is 0.692. The van der Waals surface area contributed by atoms with E-state index in [4.69, 9.17) is 4.74 Å². The van der Waals surface area contributed by atoms with E-state index in [1.54, 1.807) is 11.8 Å². The van der Waals surface area contributed by atoms with E-state index < -0.39 is 0 Å². The van der Waals surface area contributed by atoms with Gasteiger partial charge in [-0.15, -0.1) is 11.8 Å². The minimum absolute atomic E-state index is 0.396. The Hall–Kier alpha value is -0.810. The summed E-state index contributed by atoms with van der Waals surface area (Å²) in [5, 5.41) is 4.37. The van der Waals surface area contributed by atoms with E-state index in [1.807, 2.05) is 6.92 Å². The molecule has 100 valence electrons. The van der Waals surface area contributed by atoms with Gasteiger partial charge in [0, 0.05) is 24.5 Å². The minimum atomic E-state index is 0.396. The SMILES string of the molecule is CCNc1nc(C)nc(SCC2CCCO2)c1C. The highest BCUT2D eigenvalue weighted by atomic mass is 32.2. The second-order valence-electron chi connectivity index (χ2n) is 4.53. The molecule has 1 aliphatic heterocycles. The summed E-state index contributed by atoms with van der Waals surface area (Å²) in [7, 11) is 0. The van der Waals surface area contributed by atoms with E-state index >= 15 is 0 Å². The molecule has 0 saturated carbocycles. The highest BCUT2D eigenvalue weighted by molar-refractivity contribution is 7.99. The normalized spacial score (nSPS) is 19.2. The van der Waals surface area contributed by atoms with Crippen LogP contribution in [0.15, 0.2) is 5.03 Å². The Morgan fingerprint density at radius 3 is 2.89 bits per heavy atom. The van der Waals surface area contributed by atoms with E-state index in [1.165, 1.54) is 12.8 Å². The molecule has 2 rings (SSSR count). The molecule has 4 nitrogen and oxygen atoms in total. The lowest BCUT2D eigenvalue weighted by Gasteiger charge is -2.13. The maximum Gasteiger partial charge on any atom is 0.133 e. The monoisotopic (exact) mass is 267 g/mol. The Bertz CT molecular complexity index is 405. The predicted octanol–water partition coefficient (Wildman–Crippen LogP) is 2.80. The lowest BCUT2D eigenvalue weighted by Crippen LogP contribution is -2.10. The maximum atomic E-state index is 5.64. The number of anilines is 1. The average Bonchev–Trinajstić information content (AvgIpc) is 2.85. The summed E-state index contributed by atoms with van der Waals surface area (Å²) in [6, 6.07) is 0. The van der Waals surface area contributed by atoms with Crippen LogP contribution in [-0.4, -0.2) is 35.0 Å². The van der Waals surface area contributed by atoms with Crippen LogP contribution in [0.3, 0.4) is 0 Å².